The van der Waals surface area contributed by atoms with Gasteiger partial charge in [0, 0.05) is 11.7 Å². The van der Waals surface area contributed by atoms with Crippen LogP contribution in [0.3, 0.4) is 0 Å². The van der Waals surface area contributed by atoms with E-state index in [4.69, 9.17) is 0 Å². The molecule has 1 saturated heterocycles. The Morgan fingerprint density at radius 2 is 1.74 bits per heavy atom. The molecular weight excluding hydrogens is 509 g/mol. The summed E-state index contributed by atoms with van der Waals surface area (Å²) in [5.74, 6) is -0.987. The molecule has 1 unspecified atom stereocenters. The lowest BCUT2D eigenvalue weighted by atomic mass is 10.0. The third kappa shape index (κ3) is 4.98. The van der Waals surface area contributed by atoms with Gasteiger partial charge in [-0.25, -0.2) is 4.98 Å². The number of anilines is 2. The number of aromatic nitrogens is 4. The molecule has 2 aliphatic rings. The van der Waals surface area contributed by atoms with Crippen molar-refractivity contribution in [3.8, 4) is 5.82 Å². The van der Waals surface area contributed by atoms with Crippen LogP contribution in [0.15, 0.2) is 34.9 Å². The molecular formula is C24H26BrF3N6. The molecule has 3 heterocycles. The van der Waals surface area contributed by atoms with Gasteiger partial charge in [-0.1, -0.05) is 6.07 Å². The minimum Gasteiger partial charge on any atom is -0.324 e. The smallest absolute Gasteiger partial charge is 0.324 e. The fourth-order valence-corrected chi connectivity index (χ4v) is 5.50. The van der Waals surface area contributed by atoms with E-state index in [0.29, 0.717) is 16.3 Å². The van der Waals surface area contributed by atoms with Crippen LogP contribution < -0.4 is 5.32 Å². The van der Waals surface area contributed by atoms with Crippen molar-refractivity contribution in [2.75, 3.05) is 18.4 Å². The number of hydrogen-bond donors (Lipinski definition) is 1. The van der Waals surface area contributed by atoms with Crippen LogP contribution in [-0.2, 0) is 19.0 Å². The average Bonchev–Trinajstić information content (AvgIpc) is 3.40. The molecule has 0 amide bonds. The van der Waals surface area contributed by atoms with Crippen molar-refractivity contribution >= 4 is 27.6 Å². The highest BCUT2D eigenvalue weighted by Crippen LogP contribution is 2.32. The molecule has 1 atom stereocenters. The maximum absolute atomic E-state index is 13.4. The van der Waals surface area contributed by atoms with Crippen LogP contribution in [0.1, 0.15) is 48.2 Å². The van der Waals surface area contributed by atoms with E-state index in [1.807, 2.05) is 19.1 Å². The molecule has 1 aromatic carbocycles. The Kier molecular flexibility index (Phi) is 6.37. The average molecular weight is 535 g/mol. The van der Waals surface area contributed by atoms with Crippen LogP contribution in [0, 0.1) is 6.92 Å². The highest BCUT2D eigenvalue weighted by molar-refractivity contribution is 9.10. The molecule has 180 valence electrons. The first-order valence-corrected chi connectivity index (χ1v) is 12.4. The van der Waals surface area contributed by atoms with E-state index < -0.39 is 12.0 Å². The number of likely N-dealkylation sites (tertiary alicyclic amines) is 1. The standard InChI is InChI=1S/C24H26BrF3N6/c1-15-12-20(25)30-21(13-15)34-23(31-22(32-34)24(26,27)28)29-18-7-4-16-5-8-19(9-6-17(16)14-18)33-10-2-3-11-33/h4,7,12-14,19H,2-3,5-6,8-11H2,1H3,(H,29,31,32). The summed E-state index contributed by atoms with van der Waals surface area (Å²) in [5.41, 5.74) is 4.08. The zero-order chi connectivity index (χ0) is 23.9. The van der Waals surface area contributed by atoms with E-state index in [1.54, 1.807) is 12.1 Å². The third-order valence-electron chi connectivity index (χ3n) is 6.62. The van der Waals surface area contributed by atoms with E-state index in [-0.39, 0.29) is 11.8 Å². The van der Waals surface area contributed by atoms with Crippen molar-refractivity contribution in [3.05, 3.63) is 57.4 Å². The largest absolute Gasteiger partial charge is 0.453 e. The van der Waals surface area contributed by atoms with E-state index >= 15 is 0 Å². The second-order valence-corrected chi connectivity index (χ2v) is 9.89. The molecule has 6 nitrogen and oxygen atoms in total. The third-order valence-corrected chi connectivity index (χ3v) is 7.02. The summed E-state index contributed by atoms with van der Waals surface area (Å²) in [6, 6.07) is 10.1. The fraction of sp³-hybridized carbons (Fsp3) is 0.458. The number of nitrogens with zero attached hydrogens (tertiary/aromatic N) is 5. The van der Waals surface area contributed by atoms with Gasteiger partial charge < -0.3 is 10.2 Å². The molecule has 0 radical (unpaired) electrons. The van der Waals surface area contributed by atoms with Gasteiger partial charge in [-0.05, 0) is 115 Å². The van der Waals surface area contributed by atoms with Gasteiger partial charge in [0.2, 0.25) is 5.95 Å². The SMILES string of the molecule is Cc1cc(Br)nc(-n2nc(C(F)(F)F)nc2Nc2ccc3c(c2)CCC(N2CCCC2)CC3)c1. The summed E-state index contributed by atoms with van der Waals surface area (Å²) in [5, 5.41) is 6.78. The number of nitrogens with one attached hydrogen (secondary N) is 1. The summed E-state index contributed by atoms with van der Waals surface area (Å²) in [7, 11) is 0. The molecule has 1 N–H and O–H groups in total. The number of rotatable bonds is 4. The van der Waals surface area contributed by atoms with Gasteiger partial charge in [0.15, 0.2) is 5.82 Å². The highest BCUT2D eigenvalue weighted by atomic mass is 79.9. The van der Waals surface area contributed by atoms with Crippen LogP contribution in [-0.4, -0.2) is 43.8 Å². The van der Waals surface area contributed by atoms with Crippen LogP contribution >= 0.6 is 15.9 Å². The molecule has 0 bridgehead atoms. The Labute approximate surface area is 204 Å². The predicted octanol–water partition coefficient (Wildman–Crippen LogP) is 5.84. The first-order valence-electron chi connectivity index (χ1n) is 11.6. The van der Waals surface area contributed by atoms with Gasteiger partial charge in [-0.2, -0.15) is 22.8 Å². The first kappa shape index (κ1) is 23.3. The monoisotopic (exact) mass is 534 g/mol. The molecule has 5 rings (SSSR count). The maximum Gasteiger partial charge on any atom is 0.453 e. The minimum atomic E-state index is -4.67. The minimum absolute atomic E-state index is 0.0270. The number of halogens is 4. The Morgan fingerprint density at radius 3 is 2.44 bits per heavy atom. The van der Waals surface area contributed by atoms with Gasteiger partial charge in [0.1, 0.15) is 4.60 Å². The van der Waals surface area contributed by atoms with Gasteiger partial charge in [-0.15, -0.1) is 5.10 Å². The quantitative estimate of drug-likeness (QED) is 0.336. The topological polar surface area (TPSA) is 58.9 Å². The van der Waals surface area contributed by atoms with Crippen molar-refractivity contribution in [2.24, 2.45) is 0 Å². The number of aryl methyl sites for hydroxylation is 3. The molecule has 0 spiro atoms. The Hall–Kier alpha value is -2.46. The second-order valence-electron chi connectivity index (χ2n) is 9.08. The number of alkyl halides is 3. The molecule has 1 aliphatic carbocycles. The van der Waals surface area contributed by atoms with E-state index in [2.05, 4.69) is 47.3 Å². The summed E-state index contributed by atoms with van der Waals surface area (Å²) >= 11 is 3.31. The molecule has 3 aromatic rings. The lowest BCUT2D eigenvalue weighted by Crippen LogP contribution is -2.32. The van der Waals surface area contributed by atoms with Crippen molar-refractivity contribution in [1.29, 1.82) is 0 Å². The molecule has 1 fully saturated rings. The number of pyridine rings is 1. The molecule has 1 aliphatic heterocycles. The number of fused-ring (bicyclic) bond motifs is 1. The molecule has 2 aromatic heterocycles. The lowest BCUT2D eigenvalue weighted by Gasteiger charge is -2.25. The zero-order valence-electron chi connectivity index (χ0n) is 18.9. The van der Waals surface area contributed by atoms with Crippen LogP contribution in [0.5, 0.6) is 0 Å². The van der Waals surface area contributed by atoms with Gasteiger partial charge in [0.25, 0.3) is 5.82 Å². The maximum atomic E-state index is 13.4. The first-order chi connectivity index (χ1) is 16.3. The Bertz CT molecular complexity index is 1170. The van der Waals surface area contributed by atoms with Gasteiger partial charge >= 0.3 is 6.18 Å². The molecule has 34 heavy (non-hydrogen) atoms. The number of benzene rings is 1. The zero-order valence-corrected chi connectivity index (χ0v) is 20.5. The van der Waals surface area contributed by atoms with Crippen LogP contribution in [0.2, 0.25) is 0 Å². The summed E-state index contributed by atoms with van der Waals surface area (Å²) in [4.78, 5) is 10.7. The molecule has 0 saturated carbocycles. The summed E-state index contributed by atoms with van der Waals surface area (Å²) < 4.78 is 41.9. The lowest BCUT2D eigenvalue weighted by molar-refractivity contribution is -0.144. The summed E-state index contributed by atoms with van der Waals surface area (Å²) in [6.45, 7) is 4.22. The highest BCUT2D eigenvalue weighted by Gasteiger charge is 2.37. The van der Waals surface area contributed by atoms with Crippen molar-refractivity contribution in [2.45, 2.75) is 57.7 Å². The Balaban J connectivity index is 1.43. The van der Waals surface area contributed by atoms with Crippen molar-refractivity contribution in [3.63, 3.8) is 0 Å². The molecule has 10 heteroatoms. The summed E-state index contributed by atoms with van der Waals surface area (Å²) in [6.07, 6.45) is 2.13. The van der Waals surface area contributed by atoms with Gasteiger partial charge in [-0.3, -0.25) is 0 Å². The number of hydrogen-bond acceptors (Lipinski definition) is 5. The normalized spacial score (nSPS) is 19.1. The van der Waals surface area contributed by atoms with Crippen molar-refractivity contribution < 1.29 is 13.2 Å². The second kappa shape index (κ2) is 9.30. The van der Waals surface area contributed by atoms with E-state index in [9.17, 15) is 13.2 Å². The van der Waals surface area contributed by atoms with Crippen LogP contribution in [0.25, 0.3) is 5.82 Å². The van der Waals surface area contributed by atoms with Gasteiger partial charge in [0.05, 0.1) is 0 Å². The van der Waals surface area contributed by atoms with E-state index in [1.165, 1.54) is 37.1 Å². The fourth-order valence-electron chi connectivity index (χ4n) is 4.96. The van der Waals surface area contributed by atoms with Crippen LogP contribution in [0.4, 0.5) is 24.8 Å². The van der Waals surface area contributed by atoms with E-state index in [0.717, 1.165) is 35.9 Å². The Morgan fingerprint density at radius 1 is 1.00 bits per heavy atom. The van der Waals surface area contributed by atoms with Crippen molar-refractivity contribution in [1.82, 2.24) is 24.6 Å². The predicted molar refractivity (Wildman–Crippen MR) is 128 cm³/mol.